The number of benzene rings is 3. The largest absolute Gasteiger partial charge is 0.489 e. The average Bonchev–Trinajstić information content (AvgIpc) is 3.25. The van der Waals surface area contributed by atoms with Gasteiger partial charge in [-0.1, -0.05) is 61.5 Å². The van der Waals surface area contributed by atoms with Crippen LogP contribution in [0.3, 0.4) is 0 Å². The van der Waals surface area contributed by atoms with Gasteiger partial charge >= 0.3 is 5.97 Å². The summed E-state index contributed by atoms with van der Waals surface area (Å²) in [5.74, 6) is 0.355. The monoisotopic (exact) mass is 431 g/mol. The minimum absolute atomic E-state index is 0.132. The minimum atomic E-state index is -1.03. The first-order valence-electron chi connectivity index (χ1n) is 9.86. The minimum Gasteiger partial charge on any atom is -0.489 e. The number of carbonyl (C=O) groups is 1. The second-order valence-corrected chi connectivity index (χ2v) is 7.84. The molecule has 6 nitrogen and oxygen atoms in total. The smallest absolute Gasteiger partial charge is 0.342 e. The maximum Gasteiger partial charge on any atom is 0.342 e. The lowest BCUT2D eigenvalue weighted by atomic mass is 10.1. The lowest BCUT2D eigenvalue weighted by Crippen LogP contribution is -1.98. The van der Waals surface area contributed by atoms with Crippen LogP contribution in [0.25, 0.3) is 16.8 Å². The first kappa shape index (κ1) is 20.7. The number of hydrogen-bond donors (Lipinski definition) is 2. The van der Waals surface area contributed by atoms with E-state index in [0.29, 0.717) is 23.9 Å². The number of H-pyrrole nitrogens is 1. The molecule has 0 atom stereocenters. The molecule has 0 aliphatic carbocycles. The fourth-order valence-electron chi connectivity index (χ4n) is 3.14. The molecular formula is C24H21N3O3S. The molecule has 0 aliphatic rings. The number of hydrogen-bond acceptors (Lipinski definition) is 5. The highest BCUT2D eigenvalue weighted by Gasteiger charge is 2.13. The Morgan fingerprint density at radius 2 is 1.94 bits per heavy atom. The number of nitrogens with one attached hydrogen (secondary N) is 1. The van der Waals surface area contributed by atoms with E-state index in [4.69, 9.17) is 4.74 Å². The molecule has 156 valence electrons. The molecule has 4 aromatic rings. The number of nitrogens with zero attached hydrogens (tertiary/aromatic N) is 2. The standard InChI is InChI=1S/C24H21N3O3S/c1-2-22-25-24(27-26-22)31-21(23(28)29)14-16-7-5-11-19(13-16)30-15-18-10-6-9-17-8-3-4-12-20(17)18/h3-14H,2,15H2,1H3,(H,28,29)(H,25,26,27)/b21-14-. The van der Waals surface area contributed by atoms with Gasteiger partial charge in [0.05, 0.1) is 0 Å². The van der Waals surface area contributed by atoms with Gasteiger partial charge in [-0.2, -0.15) is 0 Å². The molecule has 0 fully saturated rings. The van der Waals surface area contributed by atoms with Gasteiger partial charge in [-0.05, 0) is 51.9 Å². The normalized spacial score (nSPS) is 11.6. The van der Waals surface area contributed by atoms with Crippen LogP contribution in [0, 0.1) is 0 Å². The Kier molecular flexibility index (Phi) is 6.33. The molecule has 2 N–H and O–H groups in total. The zero-order valence-electron chi connectivity index (χ0n) is 16.9. The van der Waals surface area contributed by atoms with Gasteiger partial charge in [-0.15, -0.1) is 5.10 Å². The molecule has 1 aromatic heterocycles. The molecule has 3 aromatic carbocycles. The van der Waals surface area contributed by atoms with Gasteiger partial charge in [-0.25, -0.2) is 9.78 Å². The molecule has 0 saturated carbocycles. The second-order valence-electron chi connectivity index (χ2n) is 6.83. The van der Waals surface area contributed by atoms with Gasteiger partial charge < -0.3 is 9.84 Å². The van der Waals surface area contributed by atoms with Crippen LogP contribution in [0.5, 0.6) is 5.75 Å². The van der Waals surface area contributed by atoms with Crippen molar-refractivity contribution < 1.29 is 14.6 Å². The predicted octanol–water partition coefficient (Wildman–Crippen LogP) is 5.32. The van der Waals surface area contributed by atoms with Crippen LogP contribution in [0.1, 0.15) is 23.9 Å². The summed E-state index contributed by atoms with van der Waals surface area (Å²) >= 11 is 1.01. The summed E-state index contributed by atoms with van der Waals surface area (Å²) in [6.45, 7) is 2.37. The number of thioether (sulfide) groups is 1. The Labute approximate surface area is 184 Å². The molecule has 0 unspecified atom stereocenters. The van der Waals surface area contributed by atoms with Gasteiger partial charge in [0.15, 0.2) is 0 Å². The molecule has 0 saturated heterocycles. The van der Waals surface area contributed by atoms with Crippen molar-refractivity contribution in [1.29, 1.82) is 0 Å². The van der Waals surface area contributed by atoms with E-state index in [9.17, 15) is 9.90 Å². The van der Waals surface area contributed by atoms with E-state index in [2.05, 4.69) is 33.4 Å². The third-order valence-electron chi connectivity index (χ3n) is 4.69. The SMILES string of the molecule is CCc1nc(S/C(=C\c2cccc(OCc3cccc4ccccc34)c2)C(=O)O)n[nH]1. The molecule has 0 aliphatic heterocycles. The first-order valence-corrected chi connectivity index (χ1v) is 10.7. The van der Waals surface area contributed by atoms with Gasteiger partial charge in [0.2, 0.25) is 5.16 Å². The van der Waals surface area contributed by atoms with Crippen molar-refractivity contribution in [3.63, 3.8) is 0 Å². The Balaban J connectivity index is 1.51. The van der Waals surface area contributed by atoms with E-state index in [1.54, 1.807) is 6.08 Å². The van der Waals surface area contributed by atoms with Crippen LogP contribution < -0.4 is 4.74 Å². The molecular weight excluding hydrogens is 410 g/mol. The zero-order valence-corrected chi connectivity index (χ0v) is 17.7. The maximum atomic E-state index is 11.7. The first-order chi connectivity index (χ1) is 15.1. The Bertz CT molecular complexity index is 1240. The van der Waals surface area contributed by atoms with Crippen molar-refractivity contribution >= 4 is 34.6 Å². The van der Waals surface area contributed by atoms with Crippen molar-refractivity contribution in [2.45, 2.75) is 25.1 Å². The van der Waals surface area contributed by atoms with Crippen LogP contribution >= 0.6 is 11.8 Å². The Morgan fingerprint density at radius 1 is 1.13 bits per heavy atom. The summed E-state index contributed by atoms with van der Waals surface area (Å²) in [5, 5.41) is 19.2. The number of aromatic amines is 1. The maximum absolute atomic E-state index is 11.7. The zero-order chi connectivity index (χ0) is 21.6. The number of fused-ring (bicyclic) bond motifs is 1. The van der Waals surface area contributed by atoms with Crippen LogP contribution in [0.2, 0.25) is 0 Å². The van der Waals surface area contributed by atoms with Crippen LogP contribution in [0.4, 0.5) is 0 Å². The summed E-state index contributed by atoms with van der Waals surface area (Å²) in [7, 11) is 0. The molecule has 31 heavy (non-hydrogen) atoms. The molecule has 0 bridgehead atoms. The highest BCUT2D eigenvalue weighted by atomic mass is 32.2. The van der Waals surface area contributed by atoms with E-state index >= 15 is 0 Å². The van der Waals surface area contributed by atoms with Crippen molar-refractivity contribution in [1.82, 2.24) is 15.2 Å². The van der Waals surface area contributed by atoms with E-state index in [1.165, 1.54) is 5.39 Å². The summed E-state index contributed by atoms with van der Waals surface area (Å²) in [6.07, 6.45) is 2.30. The van der Waals surface area contributed by atoms with Gasteiger partial charge in [0.25, 0.3) is 0 Å². The number of carboxylic acid groups (broad SMARTS) is 1. The number of ether oxygens (including phenoxy) is 1. The van der Waals surface area contributed by atoms with Gasteiger partial charge in [0.1, 0.15) is 23.1 Å². The molecule has 0 amide bonds. The molecule has 0 radical (unpaired) electrons. The van der Waals surface area contributed by atoms with Crippen molar-refractivity contribution in [2.24, 2.45) is 0 Å². The summed E-state index contributed by atoms with van der Waals surface area (Å²) in [4.78, 5) is 16.1. The third kappa shape index (κ3) is 5.13. The molecule has 0 spiro atoms. The topological polar surface area (TPSA) is 88.1 Å². The highest BCUT2D eigenvalue weighted by Crippen LogP contribution is 2.27. The molecule has 1 heterocycles. The van der Waals surface area contributed by atoms with E-state index in [-0.39, 0.29) is 4.91 Å². The number of rotatable bonds is 8. The fraction of sp³-hybridized carbons (Fsp3) is 0.125. The number of carboxylic acids is 1. The Hall–Kier alpha value is -3.58. The third-order valence-corrected chi connectivity index (χ3v) is 5.57. The van der Waals surface area contributed by atoms with Gasteiger partial charge in [0, 0.05) is 6.42 Å². The molecule has 7 heteroatoms. The van der Waals surface area contributed by atoms with Crippen LogP contribution in [-0.4, -0.2) is 26.3 Å². The predicted molar refractivity (Wildman–Crippen MR) is 122 cm³/mol. The van der Waals surface area contributed by atoms with Crippen LogP contribution in [-0.2, 0) is 17.8 Å². The number of aliphatic carboxylic acids is 1. The number of aromatic nitrogens is 3. The van der Waals surface area contributed by atoms with E-state index in [1.807, 2.05) is 55.5 Å². The lowest BCUT2D eigenvalue weighted by molar-refractivity contribution is -0.131. The average molecular weight is 432 g/mol. The van der Waals surface area contributed by atoms with Gasteiger partial charge in [-0.3, -0.25) is 5.10 Å². The van der Waals surface area contributed by atoms with Crippen molar-refractivity contribution in [3.8, 4) is 5.75 Å². The quantitative estimate of drug-likeness (QED) is 0.290. The highest BCUT2D eigenvalue weighted by molar-refractivity contribution is 8.04. The van der Waals surface area contributed by atoms with Crippen LogP contribution in [0.15, 0.2) is 76.8 Å². The molecule has 4 rings (SSSR count). The van der Waals surface area contributed by atoms with Crippen molar-refractivity contribution in [2.75, 3.05) is 0 Å². The summed E-state index contributed by atoms with van der Waals surface area (Å²) in [5.41, 5.74) is 1.82. The fourth-order valence-corrected chi connectivity index (χ4v) is 3.87. The summed E-state index contributed by atoms with van der Waals surface area (Å²) in [6, 6.07) is 21.7. The van der Waals surface area contributed by atoms with Crippen molar-refractivity contribution in [3.05, 3.63) is 88.6 Å². The van der Waals surface area contributed by atoms with E-state index < -0.39 is 5.97 Å². The lowest BCUT2D eigenvalue weighted by Gasteiger charge is -2.10. The summed E-state index contributed by atoms with van der Waals surface area (Å²) < 4.78 is 6.01. The second kappa shape index (κ2) is 9.49. The number of aryl methyl sites for hydroxylation is 1. The Morgan fingerprint density at radius 3 is 2.74 bits per heavy atom. The van der Waals surface area contributed by atoms with E-state index in [0.717, 1.165) is 34.1 Å².